The number of hydrogen-bond donors (Lipinski definition) is 1. The van der Waals surface area contributed by atoms with Crippen LogP contribution in [-0.2, 0) is 18.3 Å². The quantitative estimate of drug-likeness (QED) is 0.910. The van der Waals surface area contributed by atoms with Gasteiger partial charge < -0.3 is 19.0 Å². The van der Waals surface area contributed by atoms with Crippen molar-refractivity contribution in [3.05, 3.63) is 41.9 Å². The highest BCUT2D eigenvalue weighted by molar-refractivity contribution is 5.91. The highest BCUT2D eigenvalue weighted by Crippen LogP contribution is 2.30. The predicted octanol–water partition coefficient (Wildman–Crippen LogP) is 1.48. The van der Waals surface area contributed by atoms with E-state index < -0.39 is 0 Å². The molecule has 0 saturated carbocycles. The maximum Gasteiger partial charge on any atom is 0.287 e. The monoisotopic (exact) mass is 344 g/mol. The van der Waals surface area contributed by atoms with Gasteiger partial charge in [0.15, 0.2) is 5.82 Å². The summed E-state index contributed by atoms with van der Waals surface area (Å²) in [5.41, 5.74) is 0. The fraction of sp³-hybridized carbons (Fsp3) is 0.556. The molecule has 0 aliphatic carbocycles. The van der Waals surface area contributed by atoms with Gasteiger partial charge in [0.25, 0.3) is 5.91 Å². The zero-order chi connectivity index (χ0) is 17.4. The van der Waals surface area contributed by atoms with Crippen molar-refractivity contribution in [2.24, 2.45) is 7.05 Å². The van der Waals surface area contributed by atoms with Gasteiger partial charge in [-0.1, -0.05) is 0 Å². The number of furan rings is 1. The van der Waals surface area contributed by atoms with E-state index in [9.17, 15) is 4.79 Å². The van der Waals surface area contributed by atoms with Crippen LogP contribution in [0.3, 0.4) is 0 Å². The molecule has 7 heteroatoms. The van der Waals surface area contributed by atoms with Crippen LogP contribution >= 0.6 is 0 Å². The molecule has 2 saturated heterocycles. The fourth-order valence-corrected chi connectivity index (χ4v) is 3.95. The molecule has 1 amide bonds. The highest BCUT2D eigenvalue weighted by atomic mass is 16.5. The molecular weight excluding hydrogens is 320 g/mol. The summed E-state index contributed by atoms with van der Waals surface area (Å²) in [4.78, 5) is 19.0. The molecule has 2 aliphatic rings. The zero-order valence-corrected chi connectivity index (χ0v) is 14.6. The average molecular weight is 344 g/mol. The molecule has 1 N–H and O–H groups in total. The Morgan fingerprint density at radius 1 is 1.44 bits per heavy atom. The molecule has 0 unspecified atom stereocenters. The number of carbonyl (C=O) groups excluding carboxylic acids is 1. The fourth-order valence-electron chi connectivity index (χ4n) is 3.95. The van der Waals surface area contributed by atoms with E-state index in [1.54, 1.807) is 17.0 Å². The second-order valence-corrected chi connectivity index (χ2v) is 6.93. The minimum atomic E-state index is -0.152. The number of imidazole rings is 1. The molecular formula is C18H24N4O3. The van der Waals surface area contributed by atoms with Crippen molar-refractivity contribution in [3.8, 4) is 0 Å². The molecule has 0 radical (unpaired) electrons. The first-order valence-electron chi connectivity index (χ1n) is 8.81. The smallest absolute Gasteiger partial charge is 0.287 e. The van der Waals surface area contributed by atoms with Crippen LogP contribution in [0.15, 0.2) is 28.9 Å². The van der Waals surface area contributed by atoms with E-state index in [0.29, 0.717) is 11.9 Å². The summed E-state index contributed by atoms with van der Waals surface area (Å²) < 4.78 is 13.5. The molecule has 7 nitrogen and oxygen atoms in total. The van der Waals surface area contributed by atoms with Crippen LogP contribution in [0.25, 0.3) is 0 Å². The summed E-state index contributed by atoms with van der Waals surface area (Å²) in [6.45, 7) is 4.21. The van der Waals surface area contributed by atoms with Crippen LogP contribution < -0.4 is 5.32 Å². The summed E-state index contributed by atoms with van der Waals surface area (Å²) in [6, 6.07) is 4.28. The Kier molecular flexibility index (Phi) is 4.35. The molecule has 2 aromatic heterocycles. The largest absolute Gasteiger partial charge is 0.465 e. The van der Waals surface area contributed by atoms with Gasteiger partial charge in [0.05, 0.1) is 18.7 Å². The van der Waals surface area contributed by atoms with Crippen LogP contribution in [0.1, 0.15) is 35.0 Å². The molecule has 2 aliphatic heterocycles. The van der Waals surface area contributed by atoms with Crippen LogP contribution in [0.4, 0.5) is 0 Å². The Balaban J connectivity index is 1.48. The van der Waals surface area contributed by atoms with Gasteiger partial charge in [0.2, 0.25) is 0 Å². The van der Waals surface area contributed by atoms with E-state index in [4.69, 9.17) is 9.15 Å². The predicted molar refractivity (Wildman–Crippen MR) is 91.1 cm³/mol. The number of aromatic nitrogens is 2. The van der Waals surface area contributed by atoms with E-state index in [-0.39, 0.29) is 18.1 Å². The third-order valence-electron chi connectivity index (χ3n) is 5.13. The van der Waals surface area contributed by atoms with Gasteiger partial charge in [-0.2, -0.15) is 0 Å². The second kappa shape index (κ2) is 6.65. The molecule has 2 fully saturated rings. The SMILES string of the molecule is Cc1ccc(CN2C[C@@H](NC(=O)c3nccn3C)[C@H]3OCCC[C@H]32)o1. The lowest BCUT2D eigenvalue weighted by Crippen LogP contribution is -2.48. The van der Waals surface area contributed by atoms with Gasteiger partial charge in [-0.05, 0) is 31.9 Å². The summed E-state index contributed by atoms with van der Waals surface area (Å²) >= 11 is 0. The maximum atomic E-state index is 12.5. The number of aryl methyl sites for hydroxylation is 2. The van der Waals surface area contributed by atoms with Crippen molar-refractivity contribution >= 4 is 5.91 Å². The van der Waals surface area contributed by atoms with E-state index in [1.807, 2.05) is 26.1 Å². The average Bonchev–Trinajstić information content (AvgIpc) is 3.29. The van der Waals surface area contributed by atoms with E-state index in [1.165, 1.54) is 0 Å². The molecule has 0 bridgehead atoms. The summed E-state index contributed by atoms with van der Waals surface area (Å²) in [7, 11) is 1.82. The highest BCUT2D eigenvalue weighted by Gasteiger charge is 2.45. The number of ether oxygens (including phenoxy) is 1. The first kappa shape index (κ1) is 16.4. The van der Waals surface area contributed by atoms with Crippen LogP contribution in [0.2, 0.25) is 0 Å². The number of rotatable bonds is 4. The van der Waals surface area contributed by atoms with Gasteiger partial charge in [-0.25, -0.2) is 4.98 Å². The first-order chi connectivity index (χ1) is 12.1. The Labute approximate surface area is 147 Å². The minimum absolute atomic E-state index is 0.0222. The number of nitrogens with one attached hydrogen (secondary N) is 1. The second-order valence-electron chi connectivity index (χ2n) is 6.93. The third-order valence-corrected chi connectivity index (χ3v) is 5.13. The summed E-state index contributed by atoms with van der Waals surface area (Å²) in [5.74, 6) is 2.15. The lowest BCUT2D eigenvalue weighted by atomic mass is 10.0. The van der Waals surface area contributed by atoms with Crippen molar-refractivity contribution in [1.82, 2.24) is 19.8 Å². The lowest BCUT2D eigenvalue weighted by Gasteiger charge is -2.32. The van der Waals surface area contributed by atoms with Crippen LogP contribution in [-0.4, -0.2) is 51.7 Å². The third kappa shape index (κ3) is 3.21. The Morgan fingerprint density at radius 3 is 3.04 bits per heavy atom. The summed E-state index contributed by atoms with van der Waals surface area (Å²) in [5, 5.41) is 3.12. The topological polar surface area (TPSA) is 72.5 Å². The Morgan fingerprint density at radius 2 is 2.32 bits per heavy atom. The van der Waals surface area contributed by atoms with E-state index in [2.05, 4.69) is 15.2 Å². The van der Waals surface area contributed by atoms with Crippen molar-refractivity contribution in [2.75, 3.05) is 13.2 Å². The lowest BCUT2D eigenvalue weighted by molar-refractivity contribution is -0.0219. The molecule has 0 spiro atoms. The van der Waals surface area contributed by atoms with Gasteiger partial charge in [-0.15, -0.1) is 0 Å². The number of hydrogen-bond acceptors (Lipinski definition) is 5. The van der Waals surface area contributed by atoms with Gasteiger partial charge in [0, 0.05) is 38.6 Å². The number of amides is 1. The van der Waals surface area contributed by atoms with E-state index in [0.717, 1.165) is 44.1 Å². The molecule has 3 atom stereocenters. The van der Waals surface area contributed by atoms with Crippen molar-refractivity contribution in [1.29, 1.82) is 0 Å². The van der Waals surface area contributed by atoms with Crippen molar-refractivity contribution in [2.45, 2.75) is 44.5 Å². The van der Waals surface area contributed by atoms with Crippen LogP contribution in [0.5, 0.6) is 0 Å². The number of likely N-dealkylation sites (tertiary alicyclic amines) is 1. The minimum Gasteiger partial charge on any atom is -0.465 e. The van der Waals surface area contributed by atoms with Crippen molar-refractivity contribution in [3.63, 3.8) is 0 Å². The molecule has 4 rings (SSSR count). The number of carbonyl (C=O) groups is 1. The first-order valence-corrected chi connectivity index (χ1v) is 8.81. The molecule has 4 heterocycles. The standard InChI is InChI=1S/C18H24N4O3/c1-12-5-6-13(25-12)10-22-11-14(16-15(22)4-3-9-24-16)20-18(23)17-19-7-8-21(17)2/h5-8,14-16H,3-4,9-11H2,1-2H3,(H,20,23)/t14-,15-,16-/m1/s1. The van der Waals surface area contributed by atoms with Gasteiger partial charge in [-0.3, -0.25) is 9.69 Å². The van der Waals surface area contributed by atoms with Gasteiger partial charge >= 0.3 is 0 Å². The Bertz CT molecular complexity index is 753. The molecule has 2 aromatic rings. The summed E-state index contributed by atoms with van der Waals surface area (Å²) in [6.07, 6.45) is 5.56. The van der Waals surface area contributed by atoms with Crippen LogP contribution in [0, 0.1) is 6.92 Å². The molecule has 134 valence electrons. The maximum absolute atomic E-state index is 12.5. The van der Waals surface area contributed by atoms with E-state index >= 15 is 0 Å². The zero-order valence-electron chi connectivity index (χ0n) is 14.6. The number of fused-ring (bicyclic) bond motifs is 1. The molecule has 25 heavy (non-hydrogen) atoms. The molecule has 0 aromatic carbocycles. The normalized spacial score (nSPS) is 26.6. The van der Waals surface area contributed by atoms with Gasteiger partial charge in [0.1, 0.15) is 11.5 Å². The Hall–Kier alpha value is -2.12. The number of nitrogens with zero attached hydrogens (tertiary/aromatic N) is 3. The van der Waals surface area contributed by atoms with Crippen molar-refractivity contribution < 1.29 is 13.9 Å².